The Balaban J connectivity index is 1.37. The molecule has 30 heavy (non-hydrogen) atoms. The average molecular weight is 402 g/mol. The van der Waals surface area contributed by atoms with E-state index in [4.69, 9.17) is 0 Å². The first kappa shape index (κ1) is 19.6. The number of aromatic amines is 1. The zero-order chi connectivity index (χ0) is 21.1. The van der Waals surface area contributed by atoms with E-state index in [0.29, 0.717) is 23.4 Å². The molecule has 7 heteroatoms. The monoisotopic (exact) mass is 402 g/mol. The van der Waals surface area contributed by atoms with Crippen molar-refractivity contribution in [3.05, 3.63) is 77.7 Å². The van der Waals surface area contributed by atoms with Gasteiger partial charge in [-0.3, -0.25) is 19.3 Å². The van der Waals surface area contributed by atoms with Crippen LogP contribution in [0.25, 0.3) is 11.3 Å². The molecule has 2 N–H and O–H groups in total. The van der Waals surface area contributed by atoms with Gasteiger partial charge in [0.15, 0.2) is 0 Å². The van der Waals surface area contributed by atoms with Gasteiger partial charge in [-0.1, -0.05) is 49.4 Å². The highest BCUT2D eigenvalue weighted by Gasteiger charge is 2.35. The number of amides is 3. The van der Waals surface area contributed by atoms with Gasteiger partial charge in [-0.25, -0.2) is 4.98 Å². The lowest BCUT2D eigenvalue weighted by Gasteiger charge is -2.17. The lowest BCUT2D eigenvalue weighted by Crippen LogP contribution is -2.35. The van der Waals surface area contributed by atoms with E-state index in [1.165, 1.54) is 0 Å². The topological polar surface area (TPSA) is 95.2 Å². The van der Waals surface area contributed by atoms with Crippen LogP contribution >= 0.6 is 0 Å². The van der Waals surface area contributed by atoms with Crippen LogP contribution in [0.15, 0.2) is 60.8 Å². The third kappa shape index (κ3) is 3.74. The summed E-state index contributed by atoms with van der Waals surface area (Å²) in [6, 6.07) is 16.2. The van der Waals surface area contributed by atoms with Crippen molar-refractivity contribution in [2.24, 2.45) is 0 Å². The maximum atomic E-state index is 12.5. The van der Waals surface area contributed by atoms with Crippen molar-refractivity contribution in [2.75, 3.05) is 6.54 Å². The van der Waals surface area contributed by atoms with Crippen LogP contribution in [0.5, 0.6) is 0 Å². The molecule has 0 fully saturated rings. The molecule has 3 amide bonds. The molecule has 0 bridgehead atoms. The number of imide groups is 1. The fourth-order valence-electron chi connectivity index (χ4n) is 3.56. The first-order valence-electron chi connectivity index (χ1n) is 9.93. The number of carbonyl (C=O) groups is 3. The number of hydrogen-bond donors (Lipinski definition) is 2. The molecule has 7 nitrogen and oxygen atoms in total. The molecule has 0 radical (unpaired) electrons. The summed E-state index contributed by atoms with van der Waals surface area (Å²) >= 11 is 0. The lowest BCUT2D eigenvalue weighted by molar-refractivity contribution is -0.122. The minimum atomic E-state index is -0.353. The predicted octanol–water partition coefficient (Wildman–Crippen LogP) is 3.33. The Labute approximate surface area is 174 Å². The number of fused-ring (bicyclic) bond motifs is 1. The van der Waals surface area contributed by atoms with Gasteiger partial charge in [-0.15, -0.1) is 0 Å². The van der Waals surface area contributed by atoms with E-state index >= 15 is 0 Å². The van der Waals surface area contributed by atoms with Gasteiger partial charge in [0, 0.05) is 13.0 Å². The number of H-pyrrole nitrogens is 1. The van der Waals surface area contributed by atoms with Gasteiger partial charge in [0.1, 0.15) is 5.82 Å². The van der Waals surface area contributed by atoms with Gasteiger partial charge in [-0.05, 0) is 24.1 Å². The Hall–Kier alpha value is -3.74. The molecular formula is C23H22N4O3. The summed E-state index contributed by atoms with van der Waals surface area (Å²) in [5.41, 5.74) is 2.67. The molecule has 0 aliphatic carbocycles. The SMILES string of the molecule is CC[C@H](NC(=O)CCN1C(=O)c2ccccc2C1=O)c1ncc(-c2ccccc2)[nH]1. The third-order valence-electron chi connectivity index (χ3n) is 5.19. The Kier molecular flexibility index (Phi) is 5.43. The van der Waals surface area contributed by atoms with E-state index in [-0.39, 0.29) is 36.7 Å². The molecule has 0 spiro atoms. The summed E-state index contributed by atoms with van der Waals surface area (Å²) in [7, 11) is 0. The standard InChI is InChI=1S/C23H22N4O3/c1-2-18(21-24-14-19(26-21)15-8-4-3-5-9-15)25-20(28)12-13-27-22(29)16-10-6-7-11-17(16)23(27)30/h3-11,14,18H,2,12-13H2,1H3,(H,24,26)(H,25,28)/t18-/m0/s1. The number of carbonyl (C=O) groups excluding carboxylic acids is 3. The molecule has 3 aromatic rings. The van der Waals surface area contributed by atoms with Crippen molar-refractivity contribution in [2.45, 2.75) is 25.8 Å². The summed E-state index contributed by atoms with van der Waals surface area (Å²) in [5.74, 6) is -0.274. The first-order chi connectivity index (χ1) is 14.6. The molecule has 2 aromatic carbocycles. The number of nitrogens with one attached hydrogen (secondary N) is 2. The van der Waals surface area contributed by atoms with E-state index in [2.05, 4.69) is 15.3 Å². The summed E-state index contributed by atoms with van der Waals surface area (Å²) in [6.45, 7) is 2.00. The Morgan fingerprint density at radius 2 is 1.67 bits per heavy atom. The quantitative estimate of drug-likeness (QED) is 0.593. The minimum absolute atomic E-state index is 0.0359. The third-order valence-corrected chi connectivity index (χ3v) is 5.19. The number of aromatic nitrogens is 2. The van der Waals surface area contributed by atoms with Crippen LogP contribution in [0.3, 0.4) is 0 Å². The maximum Gasteiger partial charge on any atom is 0.261 e. The Morgan fingerprint density at radius 3 is 2.30 bits per heavy atom. The van der Waals surface area contributed by atoms with E-state index in [1.807, 2.05) is 37.3 Å². The molecule has 4 rings (SSSR count). The molecule has 0 unspecified atom stereocenters. The smallest absolute Gasteiger partial charge is 0.261 e. The highest BCUT2D eigenvalue weighted by Crippen LogP contribution is 2.23. The Bertz CT molecular complexity index is 1060. The number of imidazole rings is 1. The minimum Gasteiger partial charge on any atom is -0.346 e. The number of hydrogen-bond acceptors (Lipinski definition) is 4. The van der Waals surface area contributed by atoms with Crippen LogP contribution in [0.4, 0.5) is 0 Å². The molecule has 1 aliphatic heterocycles. The van der Waals surface area contributed by atoms with Gasteiger partial charge in [0.2, 0.25) is 5.91 Å². The van der Waals surface area contributed by atoms with E-state index in [9.17, 15) is 14.4 Å². The van der Waals surface area contributed by atoms with Gasteiger partial charge in [-0.2, -0.15) is 0 Å². The van der Waals surface area contributed by atoms with Gasteiger partial charge >= 0.3 is 0 Å². The molecule has 2 heterocycles. The molecular weight excluding hydrogens is 380 g/mol. The zero-order valence-electron chi connectivity index (χ0n) is 16.6. The molecule has 1 aliphatic rings. The average Bonchev–Trinajstić information content (AvgIpc) is 3.36. The largest absolute Gasteiger partial charge is 0.346 e. The van der Waals surface area contributed by atoms with Crippen LogP contribution < -0.4 is 5.32 Å². The van der Waals surface area contributed by atoms with Gasteiger partial charge in [0.05, 0.1) is 29.1 Å². The number of nitrogens with zero attached hydrogens (tertiary/aromatic N) is 2. The van der Waals surface area contributed by atoms with Crippen molar-refractivity contribution in [3.63, 3.8) is 0 Å². The van der Waals surface area contributed by atoms with Crippen molar-refractivity contribution >= 4 is 17.7 Å². The maximum absolute atomic E-state index is 12.5. The van der Waals surface area contributed by atoms with Crippen molar-refractivity contribution in [3.8, 4) is 11.3 Å². The summed E-state index contributed by atoms with van der Waals surface area (Å²) < 4.78 is 0. The summed E-state index contributed by atoms with van der Waals surface area (Å²) in [6.07, 6.45) is 2.44. The second-order valence-corrected chi connectivity index (χ2v) is 7.13. The molecule has 0 saturated carbocycles. The molecule has 1 aromatic heterocycles. The fraction of sp³-hybridized carbons (Fsp3) is 0.217. The molecule has 1 atom stereocenters. The second-order valence-electron chi connectivity index (χ2n) is 7.13. The number of rotatable bonds is 7. The lowest BCUT2D eigenvalue weighted by atomic mass is 10.1. The van der Waals surface area contributed by atoms with Crippen molar-refractivity contribution in [1.82, 2.24) is 20.2 Å². The van der Waals surface area contributed by atoms with Gasteiger partial charge < -0.3 is 10.3 Å². The van der Waals surface area contributed by atoms with Crippen molar-refractivity contribution in [1.29, 1.82) is 0 Å². The van der Waals surface area contributed by atoms with Crippen LogP contribution in [0, 0.1) is 0 Å². The van der Waals surface area contributed by atoms with E-state index in [0.717, 1.165) is 16.2 Å². The van der Waals surface area contributed by atoms with Gasteiger partial charge in [0.25, 0.3) is 11.8 Å². The van der Waals surface area contributed by atoms with Crippen molar-refractivity contribution < 1.29 is 14.4 Å². The Morgan fingerprint density at radius 1 is 1.03 bits per heavy atom. The first-order valence-corrected chi connectivity index (χ1v) is 9.93. The second kappa shape index (κ2) is 8.32. The fourth-order valence-corrected chi connectivity index (χ4v) is 3.56. The zero-order valence-corrected chi connectivity index (χ0v) is 16.6. The van der Waals surface area contributed by atoms with Crippen LogP contribution in [0.1, 0.15) is 52.3 Å². The van der Waals surface area contributed by atoms with Crippen LogP contribution in [0.2, 0.25) is 0 Å². The number of benzene rings is 2. The van der Waals surface area contributed by atoms with E-state index in [1.54, 1.807) is 30.5 Å². The molecule has 152 valence electrons. The molecule has 0 saturated heterocycles. The highest BCUT2D eigenvalue weighted by molar-refractivity contribution is 6.21. The summed E-state index contributed by atoms with van der Waals surface area (Å²) in [4.78, 5) is 46.1. The summed E-state index contributed by atoms with van der Waals surface area (Å²) in [5, 5.41) is 2.94. The van der Waals surface area contributed by atoms with Crippen LogP contribution in [-0.4, -0.2) is 39.1 Å². The highest BCUT2D eigenvalue weighted by atomic mass is 16.2. The van der Waals surface area contributed by atoms with Crippen LogP contribution in [-0.2, 0) is 4.79 Å². The van der Waals surface area contributed by atoms with E-state index < -0.39 is 0 Å². The normalized spacial score (nSPS) is 14.0. The predicted molar refractivity (Wildman–Crippen MR) is 112 cm³/mol.